The van der Waals surface area contributed by atoms with Gasteiger partial charge in [-0.05, 0) is 32.4 Å². The standard InChI is InChI=1S/C13H18N4O2S/c1-8-6-5-7-11(14)13(8)20(18,19)16-12-9(2)15-17(4)10(12)3/h5-7,16H,14H2,1-4H3. The van der Waals surface area contributed by atoms with Crippen LogP contribution in [0.3, 0.4) is 0 Å². The lowest BCUT2D eigenvalue weighted by Crippen LogP contribution is -2.17. The lowest BCUT2D eigenvalue weighted by atomic mass is 10.2. The Labute approximate surface area is 118 Å². The van der Waals surface area contributed by atoms with Gasteiger partial charge in [0.15, 0.2) is 0 Å². The van der Waals surface area contributed by atoms with Crippen LogP contribution in [0.4, 0.5) is 11.4 Å². The summed E-state index contributed by atoms with van der Waals surface area (Å²) < 4.78 is 29.3. The minimum absolute atomic E-state index is 0.114. The molecule has 0 aliphatic rings. The molecule has 0 aliphatic heterocycles. The van der Waals surface area contributed by atoms with Gasteiger partial charge in [0.1, 0.15) is 4.90 Å². The van der Waals surface area contributed by atoms with E-state index in [2.05, 4.69) is 9.82 Å². The van der Waals surface area contributed by atoms with E-state index in [9.17, 15) is 8.42 Å². The number of rotatable bonds is 3. The van der Waals surface area contributed by atoms with Crippen LogP contribution in [-0.4, -0.2) is 18.2 Å². The van der Waals surface area contributed by atoms with Crippen LogP contribution < -0.4 is 10.5 Å². The third-order valence-corrected chi connectivity index (χ3v) is 4.82. The molecule has 0 atom stereocenters. The monoisotopic (exact) mass is 294 g/mol. The molecule has 6 nitrogen and oxygen atoms in total. The second-order valence-electron chi connectivity index (χ2n) is 4.77. The Morgan fingerprint density at radius 1 is 1.25 bits per heavy atom. The van der Waals surface area contributed by atoms with E-state index in [0.717, 1.165) is 5.69 Å². The smallest absolute Gasteiger partial charge is 0.264 e. The molecule has 1 heterocycles. The summed E-state index contributed by atoms with van der Waals surface area (Å²) in [5.41, 5.74) is 8.51. The van der Waals surface area contributed by atoms with Gasteiger partial charge >= 0.3 is 0 Å². The average molecular weight is 294 g/mol. The third kappa shape index (κ3) is 2.36. The highest BCUT2D eigenvalue weighted by atomic mass is 32.2. The largest absolute Gasteiger partial charge is 0.398 e. The van der Waals surface area contributed by atoms with Crippen LogP contribution >= 0.6 is 0 Å². The van der Waals surface area contributed by atoms with Gasteiger partial charge in [-0.1, -0.05) is 12.1 Å². The van der Waals surface area contributed by atoms with Crippen molar-refractivity contribution in [2.45, 2.75) is 25.7 Å². The van der Waals surface area contributed by atoms with Crippen molar-refractivity contribution in [3.8, 4) is 0 Å². The molecule has 7 heteroatoms. The van der Waals surface area contributed by atoms with Crippen LogP contribution in [0.25, 0.3) is 0 Å². The number of hydrogen-bond donors (Lipinski definition) is 2. The van der Waals surface area contributed by atoms with E-state index in [1.165, 1.54) is 0 Å². The second kappa shape index (κ2) is 4.82. The summed E-state index contributed by atoms with van der Waals surface area (Å²) >= 11 is 0. The van der Waals surface area contributed by atoms with Gasteiger partial charge < -0.3 is 5.73 Å². The minimum Gasteiger partial charge on any atom is -0.398 e. The topological polar surface area (TPSA) is 90.0 Å². The molecule has 0 fully saturated rings. The lowest BCUT2D eigenvalue weighted by Gasteiger charge is -2.12. The minimum atomic E-state index is -3.73. The molecule has 0 aliphatic carbocycles. The zero-order valence-corrected chi connectivity index (χ0v) is 12.7. The number of aromatic nitrogens is 2. The van der Waals surface area contributed by atoms with Crippen molar-refractivity contribution in [3.63, 3.8) is 0 Å². The zero-order valence-electron chi connectivity index (χ0n) is 11.9. The van der Waals surface area contributed by atoms with Crippen LogP contribution in [0.1, 0.15) is 17.0 Å². The molecule has 0 spiro atoms. The number of aryl methyl sites for hydroxylation is 3. The molecule has 108 valence electrons. The molecule has 20 heavy (non-hydrogen) atoms. The Hall–Kier alpha value is -2.02. The predicted molar refractivity (Wildman–Crippen MR) is 79.1 cm³/mol. The quantitative estimate of drug-likeness (QED) is 0.844. The SMILES string of the molecule is Cc1cccc(N)c1S(=O)(=O)Nc1c(C)nn(C)c1C. The maximum Gasteiger partial charge on any atom is 0.264 e. The Morgan fingerprint density at radius 2 is 1.90 bits per heavy atom. The maximum atomic E-state index is 12.5. The Morgan fingerprint density at radius 3 is 2.40 bits per heavy atom. The summed E-state index contributed by atoms with van der Waals surface area (Å²) in [5.74, 6) is 0. The van der Waals surface area contributed by atoms with Gasteiger partial charge in [0, 0.05) is 7.05 Å². The van der Waals surface area contributed by atoms with Gasteiger partial charge in [0.25, 0.3) is 10.0 Å². The van der Waals surface area contributed by atoms with Crippen LogP contribution in [0.2, 0.25) is 0 Å². The first-order chi connectivity index (χ1) is 9.24. The zero-order chi connectivity index (χ0) is 15.1. The molecule has 2 rings (SSSR count). The maximum absolute atomic E-state index is 12.5. The van der Waals surface area contributed by atoms with Crippen molar-refractivity contribution >= 4 is 21.4 Å². The van der Waals surface area contributed by atoms with Gasteiger partial charge in [-0.15, -0.1) is 0 Å². The van der Waals surface area contributed by atoms with E-state index >= 15 is 0 Å². The van der Waals surface area contributed by atoms with E-state index < -0.39 is 10.0 Å². The molecule has 0 bridgehead atoms. The van der Waals surface area contributed by atoms with Gasteiger partial charge in [-0.3, -0.25) is 9.40 Å². The van der Waals surface area contributed by atoms with Crippen molar-refractivity contribution in [2.24, 2.45) is 7.05 Å². The van der Waals surface area contributed by atoms with E-state index in [1.807, 2.05) is 0 Å². The van der Waals surface area contributed by atoms with Crippen molar-refractivity contribution < 1.29 is 8.42 Å². The second-order valence-corrected chi connectivity index (χ2v) is 6.39. The van der Waals surface area contributed by atoms with Crippen molar-refractivity contribution in [3.05, 3.63) is 35.2 Å². The number of nitrogens with two attached hydrogens (primary N) is 1. The molecule has 0 saturated carbocycles. The van der Waals surface area contributed by atoms with Gasteiger partial charge in [0.05, 0.1) is 22.8 Å². The lowest BCUT2D eigenvalue weighted by molar-refractivity contribution is 0.601. The third-order valence-electron chi connectivity index (χ3n) is 3.26. The highest BCUT2D eigenvalue weighted by Crippen LogP contribution is 2.27. The first-order valence-electron chi connectivity index (χ1n) is 6.12. The fraction of sp³-hybridized carbons (Fsp3) is 0.308. The van der Waals surface area contributed by atoms with Crippen LogP contribution in [0.5, 0.6) is 0 Å². The molecule has 1 aromatic heterocycles. The van der Waals surface area contributed by atoms with E-state index in [0.29, 0.717) is 16.9 Å². The van der Waals surface area contributed by atoms with Crippen LogP contribution in [0.15, 0.2) is 23.1 Å². The molecular weight excluding hydrogens is 276 g/mol. The molecule has 1 aromatic carbocycles. The molecule has 3 N–H and O–H groups in total. The Bertz CT molecular complexity index is 743. The van der Waals surface area contributed by atoms with Gasteiger partial charge in [-0.2, -0.15) is 5.10 Å². The number of anilines is 2. The molecule has 0 radical (unpaired) electrons. The molecule has 0 amide bonds. The summed E-state index contributed by atoms with van der Waals surface area (Å²) in [6.45, 7) is 5.28. The molecular formula is C13H18N4O2S. The van der Waals surface area contributed by atoms with Gasteiger partial charge in [-0.25, -0.2) is 8.42 Å². The Kier molecular flexibility index (Phi) is 3.47. The van der Waals surface area contributed by atoms with E-state index in [-0.39, 0.29) is 10.6 Å². The highest BCUT2D eigenvalue weighted by molar-refractivity contribution is 7.93. The van der Waals surface area contributed by atoms with E-state index in [1.54, 1.807) is 50.7 Å². The molecule has 2 aromatic rings. The van der Waals surface area contributed by atoms with Crippen molar-refractivity contribution in [1.29, 1.82) is 0 Å². The number of nitrogens with zero attached hydrogens (tertiary/aromatic N) is 2. The summed E-state index contributed by atoms with van der Waals surface area (Å²) in [7, 11) is -1.97. The Balaban J connectivity index is 2.52. The number of benzene rings is 1. The van der Waals surface area contributed by atoms with E-state index in [4.69, 9.17) is 5.73 Å². The fourth-order valence-electron chi connectivity index (χ4n) is 2.15. The first kappa shape index (κ1) is 14.4. The average Bonchev–Trinajstić information content (AvgIpc) is 2.55. The predicted octanol–water partition coefficient (Wildman–Crippen LogP) is 1.73. The first-order valence-corrected chi connectivity index (χ1v) is 7.60. The molecule has 0 saturated heterocycles. The summed E-state index contributed by atoms with van der Waals surface area (Å²) in [5, 5.41) is 4.19. The van der Waals surface area contributed by atoms with Gasteiger partial charge in [0.2, 0.25) is 0 Å². The van der Waals surface area contributed by atoms with Crippen LogP contribution in [0, 0.1) is 20.8 Å². The number of hydrogen-bond acceptors (Lipinski definition) is 4. The number of nitrogens with one attached hydrogen (secondary N) is 1. The van der Waals surface area contributed by atoms with Crippen LogP contribution in [-0.2, 0) is 17.1 Å². The number of nitrogen functional groups attached to an aromatic ring is 1. The number of sulfonamides is 1. The summed E-state index contributed by atoms with van der Waals surface area (Å²) in [6.07, 6.45) is 0. The summed E-state index contributed by atoms with van der Waals surface area (Å²) in [4.78, 5) is 0.114. The van der Waals surface area contributed by atoms with Crippen molar-refractivity contribution in [1.82, 2.24) is 9.78 Å². The highest BCUT2D eigenvalue weighted by Gasteiger charge is 2.23. The van der Waals surface area contributed by atoms with Crippen molar-refractivity contribution in [2.75, 3.05) is 10.5 Å². The summed E-state index contributed by atoms with van der Waals surface area (Å²) in [6, 6.07) is 5.02. The normalized spacial score (nSPS) is 11.6. The molecule has 0 unspecified atom stereocenters. The fourth-order valence-corrected chi connectivity index (χ4v) is 3.69.